The number of nitriles is 1. The number of hydrogen-bond acceptors (Lipinski definition) is 3. The molecule has 4 nitrogen and oxygen atoms in total. The third-order valence-corrected chi connectivity index (χ3v) is 4.49. The normalized spacial score (nSPS) is 11.6. The smallest absolute Gasteiger partial charge is 0.267 e. The zero-order valence-electron chi connectivity index (χ0n) is 14.7. The van der Waals surface area contributed by atoms with E-state index in [1.165, 1.54) is 6.20 Å². The highest BCUT2D eigenvalue weighted by Crippen LogP contribution is 2.30. The fraction of sp³-hybridized carbons (Fsp3) is 0.200. The molecule has 0 bridgehead atoms. The summed E-state index contributed by atoms with van der Waals surface area (Å²) in [6.45, 7) is 6.28. The molecule has 0 unspecified atom stereocenters. The lowest BCUT2D eigenvalue weighted by Gasteiger charge is -2.22. The van der Waals surface area contributed by atoms with Crippen LogP contribution in [0.1, 0.15) is 26.3 Å². The van der Waals surface area contributed by atoms with Gasteiger partial charge in [0.05, 0.1) is 15.7 Å². The van der Waals surface area contributed by atoms with Gasteiger partial charge in [0.25, 0.3) is 5.91 Å². The Morgan fingerprint density at radius 3 is 2.38 bits per heavy atom. The Bertz CT molecular complexity index is 893. The number of carbonyl (C=O) groups is 1. The van der Waals surface area contributed by atoms with Gasteiger partial charge in [-0.25, -0.2) is 0 Å². The second kappa shape index (κ2) is 8.27. The molecule has 0 saturated heterocycles. The van der Waals surface area contributed by atoms with Crippen LogP contribution < -0.4 is 10.6 Å². The van der Waals surface area contributed by atoms with E-state index in [1.807, 2.05) is 30.3 Å². The molecule has 1 amide bonds. The van der Waals surface area contributed by atoms with Gasteiger partial charge in [-0.2, -0.15) is 5.26 Å². The minimum Gasteiger partial charge on any atom is -0.360 e. The van der Waals surface area contributed by atoms with Gasteiger partial charge in [-0.3, -0.25) is 4.79 Å². The Morgan fingerprint density at radius 2 is 1.73 bits per heavy atom. The lowest BCUT2D eigenvalue weighted by atomic mass is 9.86. The van der Waals surface area contributed by atoms with Crippen LogP contribution in [-0.4, -0.2) is 5.91 Å². The molecule has 2 aromatic carbocycles. The maximum atomic E-state index is 12.4. The van der Waals surface area contributed by atoms with Crippen LogP contribution in [0.4, 0.5) is 11.4 Å². The number of hydrogen-bond donors (Lipinski definition) is 2. The highest BCUT2D eigenvalue weighted by atomic mass is 35.5. The van der Waals surface area contributed by atoms with Gasteiger partial charge in [-0.05, 0) is 29.2 Å². The zero-order chi connectivity index (χ0) is 19.3. The van der Waals surface area contributed by atoms with E-state index in [1.54, 1.807) is 18.2 Å². The van der Waals surface area contributed by atoms with Gasteiger partial charge in [0.2, 0.25) is 0 Å². The Labute approximate surface area is 163 Å². The second-order valence-electron chi connectivity index (χ2n) is 6.67. The van der Waals surface area contributed by atoms with E-state index in [9.17, 15) is 10.1 Å². The molecular formula is C20H19Cl2N3O. The lowest BCUT2D eigenvalue weighted by Crippen LogP contribution is -2.16. The molecular weight excluding hydrogens is 369 g/mol. The number of anilines is 2. The van der Waals surface area contributed by atoms with E-state index in [2.05, 4.69) is 31.4 Å². The monoisotopic (exact) mass is 387 g/mol. The summed E-state index contributed by atoms with van der Waals surface area (Å²) in [5.41, 5.74) is 2.10. The third kappa shape index (κ3) is 4.78. The number of benzene rings is 2. The molecule has 0 radical (unpaired) electrons. The fourth-order valence-corrected chi connectivity index (χ4v) is 2.70. The predicted octanol–water partition coefficient (Wildman–Crippen LogP) is 5.75. The van der Waals surface area contributed by atoms with Crippen molar-refractivity contribution < 1.29 is 4.79 Å². The topological polar surface area (TPSA) is 64.9 Å². The summed E-state index contributed by atoms with van der Waals surface area (Å²) in [5.74, 6) is -0.572. The standard InChI is InChI=1S/C20H19Cl2N3O/c1-20(2,3)14-7-4-5-9-16(14)24-12-13(11-23)19(26)25-17-10-6-8-15(21)18(17)22/h4-10,12,24H,1-3H3,(H,25,26)/b13-12-. The SMILES string of the molecule is CC(C)(C)c1ccccc1N/C=C(/C#N)C(=O)Nc1cccc(Cl)c1Cl. The van der Waals surface area contributed by atoms with Crippen molar-refractivity contribution >= 4 is 40.5 Å². The van der Waals surface area contributed by atoms with Crippen molar-refractivity contribution in [3.8, 4) is 6.07 Å². The lowest BCUT2D eigenvalue weighted by molar-refractivity contribution is -0.112. The van der Waals surface area contributed by atoms with Crippen LogP contribution >= 0.6 is 23.2 Å². The zero-order valence-corrected chi connectivity index (χ0v) is 16.2. The molecule has 6 heteroatoms. The molecule has 0 saturated carbocycles. The maximum absolute atomic E-state index is 12.4. The number of halogens is 2. The van der Waals surface area contributed by atoms with Crippen LogP contribution in [0.3, 0.4) is 0 Å². The first-order valence-corrected chi connectivity index (χ1v) is 8.71. The van der Waals surface area contributed by atoms with Crippen molar-refractivity contribution in [2.75, 3.05) is 10.6 Å². The number of para-hydroxylation sites is 1. The van der Waals surface area contributed by atoms with Crippen LogP contribution in [-0.2, 0) is 10.2 Å². The Hall–Kier alpha value is -2.48. The highest BCUT2D eigenvalue weighted by Gasteiger charge is 2.17. The van der Waals surface area contributed by atoms with Gasteiger partial charge in [-0.1, -0.05) is 68.2 Å². The summed E-state index contributed by atoms with van der Waals surface area (Å²) in [5, 5.41) is 15.5. The molecule has 0 heterocycles. The van der Waals surface area contributed by atoms with Crippen LogP contribution in [0.25, 0.3) is 0 Å². The molecule has 2 aromatic rings. The molecule has 0 atom stereocenters. The molecule has 0 fully saturated rings. The number of carbonyl (C=O) groups excluding carboxylic acids is 1. The minimum atomic E-state index is -0.572. The average Bonchev–Trinajstić information content (AvgIpc) is 2.59. The summed E-state index contributed by atoms with van der Waals surface area (Å²) in [4.78, 5) is 12.4. The molecule has 0 aliphatic heterocycles. The van der Waals surface area contributed by atoms with Crippen LogP contribution in [0.2, 0.25) is 10.0 Å². The molecule has 2 rings (SSSR count). The summed E-state index contributed by atoms with van der Waals surface area (Å²) in [7, 11) is 0. The van der Waals surface area contributed by atoms with Gasteiger partial charge in [0.15, 0.2) is 0 Å². The van der Waals surface area contributed by atoms with E-state index in [4.69, 9.17) is 23.2 Å². The highest BCUT2D eigenvalue weighted by molar-refractivity contribution is 6.44. The van der Waals surface area contributed by atoms with E-state index >= 15 is 0 Å². The van der Waals surface area contributed by atoms with Crippen molar-refractivity contribution in [1.29, 1.82) is 5.26 Å². The summed E-state index contributed by atoms with van der Waals surface area (Å²) >= 11 is 12.0. The van der Waals surface area contributed by atoms with E-state index < -0.39 is 5.91 Å². The summed E-state index contributed by atoms with van der Waals surface area (Å²) < 4.78 is 0. The summed E-state index contributed by atoms with van der Waals surface area (Å²) in [6, 6.07) is 14.5. The first-order valence-electron chi connectivity index (χ1n) is 7.95. The molecule has 2 N–H and O–H groups in total. The van der Waals surface area contributed by atoms with Gasteiger partial charge < -0.3 is 10.6 Å². The molecule has 26 heavy (non-hydrogen) atoms. The van der Waals surface area contributed by atoms with Crippen molar-refractivity contribution in [3.05, 3.63) is 69.8 Å². The van der Waals surface area contributed by atoms with Gasteiger partial charge >= 0.3 is 0 Å². The predicted molar refractivity (Wildman–Crippen MR) is 108 cm³/mol. The number of amides is 1. The van der Waals surface area contributed by atoms with Gasteiger partial charge in [0.1, 0.15) is 11.6 Å². The Balaban J connectivity index is 2.23. The van der Waals surface area contributed by atoms with Crippen molar-refractivity contribution in [2.45, 2.75) is 26.2 Å². The molecule has 0 aliphatic carbocycles. The van der Waals surface area contributed by atoms with E-state index in [-0.39, 0.29) is 16.0 Å². The number of nitrogens with zero attached hydrogens (tertiary/aromatic N) is 1. The Morgan fingerprint density at radius 1 is 1.08 bits per heavy atom. The van der Waals surface area contributed by atoms with Crippen LogP contribution in [0.15, 0.2) is 54.2 Å². The van der Waals surface area contributed by atoms with Gasteiger partial charge in [-0.15, -0.1) is 0 Å². The number of rotatable bonds is 4. The van der Waals surface area contributed by atoms with Crippen molar-refractivity contribution in [2.24, 2.45) is 0 Å². The maximum Gasteiger partial charge on any atom is 0.267 e. The largest absolute Gasteiger partial charge is 0.360 e. The quantitative estimate of drug-likeness (QED) is 0.518. The van der Waals surface area contributed by atoms with Crippen molar-refractivity contribution in [1.82, 2.24) is 0 Å². The Kier molecular flexibility index (Phi) is 6.31. The van der Waals surface area contributed by atoms with Gasteiger partial charge in [0, 0.05) is 11.9 Å². The number of nitrogens with one attached hydrogen (secondary N) is 2. The molecule has 134 valence electrons. The molecule has 0 spiro atoms. The third-order valence-electron chi connectivity index (χ3n) is 3.67. The van der Waals surface area contributed by atoms with E-state index in [0.29, 0.717) is 10.7 Å². The minimum absolute atomic E-state index is 0.0789. The first-order chi connectivity index (χ1) is 12.2. The first kappa shape index (κ1) is 19.8. The average molecular weight is 388 g/mol. The van der Waals surface area contributed by atoms with E-state index in [0.717, 1.165) is 11.3 Å². The summed E-state index contributed by atoms with van der Waals surface area (Å²) in [6.07, 6.45) is 1.39. The molecule has 0 aliphatic rings. The second-order valence-corrected chi connectivity index (χ2v) is 7.45. The van der Waals surface area contributed by atoms with Crippen molar-refractivity contribution in [3.63, 3.8) is 0 Å². The fourth-order valence-electron chi connectivity index (χ4n) is 2.35. The van der Waals surface area contributed by atoms with Crippen LogP contribution in [0.5, 0.6) is 0 Å². The van der Waals surface area contributed by atoms with Crippen LogP contribution in [0, 0.1) is 11.3 Å². The molecule has 0 aromatic heterocycles.